The van der Waals surface area contributed by atoms with E-state index in [0.717, 1.165) is 10.4 Å². The van der Waals surface area contributed by atoms with Crippen molar-refractivity contribution in [3.8, 4) is 0 Å². The average Bonchev–Trinajstić information content (AvgIpc) is 3.28. The monoisotopic (exact) mass is 409 g/mol. The number of nitrogens with one attached hydrogen (secondary N) is 2. The fourth-order valence-corrected chi connectivity index (χ4v) is 3.74. The van der Waals surface area contributed by atoms with Crippen LogP contribution in [0.2, 0.25) is 0 Å². The van der Waals surface area contributed by atoms with Crippen LogP contribution in [0.4, 0.5) is 0 Å². The molecule has 0 radical (unpaired) electrons. The maximum Gasteiger partial charge on any atom is 0.257 e. The van der Waals surface area contributed by atoms with Crippen molar-refractivity contribution in [3.05, 3.63) is 92.0 Å². The molecule has 0 aliphatic rings. The van der Waals surface area contributed by atoms with Crippen LogP contribution in [0, 0.1) is 0 Å². The first kappa shape index (κ1) is 20.5. The highest BCUT2D eigenvalue weighted by Crippen LogP contribution is 2.18. The van der Waals surface area contributed by atoms with Gasteiger partial charge in [0.05, 0.1) is 6.04 Å². The van der Waals surface area contributed by atoms with E-state index in [4.69, 9.17) is 0 Å². The van der Waals surface area contributed by atoms with E-state index in [2.05, 4.69) is 10.6 Å². The van der Waals surface area contributed by atoms with E-state index in [0.29, 0.717) is 13.0 Å². The summed E-state index contributed by atoms with van der Waals surface area (Å²) >= 11 is 1.53. The SMILES string of the molecule is CNC(=O)c1cn(CCc2ccccc2)cc(C(=O)N[C@H](C)c2cccs2)c1=O. The van der Waals surface area contributed by atoms with E-state index in [9.17, 15) is 14.4 Å². The molecule has 29 heavy (non-hydrogen) atoms. The van der Waals surface area contributed by atoms with Gasteiger partial charge >= 0.3 is 0 Å². The molecule has 2 N–H and O–H groups in total. The summed E-state index contributed by atoms with van der Waals surface area (Å²) in [6.45, 7) is 2.40. The molecule has 150 valence electrons. The lowest BCUT2D eigenvalue weighted by molar-refractivity contribution is 0.0938. The summed E-state index contributed by atoms with van der Waals surface area (Å²) in [5.41, 5.74) is 0.473. The van der Waals surface area contributed by atoms with Crippen molar-refractivity contribution in [3.63, 3.8) is 0 Å². The molecule has 2 heterocycles. The van der Waals surface area contributed by atoms with Gasteiger partial charge in [-0.2, -0.15) is 0 Å². The lowest BCUT2D eigenvalue weighted by atomic mass is 10.1. The third kappa shape index (κ3) is 5.00. The Kier molecular flexibility index (Phi) is 6.61. The van der Waals surface area contributed by atoms with Gasteiger partial charge in [0.25, 0.3) is 11.8 Å². The Morgan fingerprint density at radius 2 is 1.72 bits per heavy atom. The summed E-state index contributed by atoms with van der Waals surface area (Å²) in [6.07, 6.45) is 3.74. The summed E-state index contributed by atoms with van der Waals surface area (Å²) in [6, 6.07) is 13.5. The molecule has 0 unspecified atom stereocenters. The minimum Gasteiger partial charge on any atom is -0.355 e. The molecule has 0 saturated heterocycles. The summed E-state index contributed by atoms with van der Waals surface area (Å²) in [5, 5.41) is 7.25. The van der Waals surface area contributed by atoms with Crippen LogP contribution in [0.1, 0.15) is 44.1 Å². The van der Waals surface area contributed by atoms with Crippen molar-refractivity contribution in [2.75, 3.05) is 7.05 Å². The highest BCUT2D eigenvalue weighted by Gasteiger charge is 2.20. The molecule has 0 spiro atoms. The van der Waals surface area contributed by atoms with Crippen LogP contribution in [0.5, 0.6) is 0 Å². The summed E-state index contributed by atoms with van der Waals surface area (Å²) < 4.78 is 1.73. The third-order valence-electron chi connectivity index (χ3n) is 4.61. The topological polar surface area (TPSA) is 80.2 Å². The molecule has 2 aromatic heterocycles. The van der Waals surface area contributed by atoms with Crippen molar-refractivity contribution < 1.29 is 9.59 Å². The molecule has 1 atom stereocenters. The van der Waals surface area contributed by atoms with Crippen LogP contribution in [-0.4, -0.2) is 23.4 Å². The van der Waals surface area contributed by atoms with E-state index in [1.165, 1.54) is 30.8 Å². The van der Waals surface area contributed by atoms with E-state index in [-0.39, 0.29) is 17.2 Å². The van der Waals surface area contributed by atoms with Gasteiger partial charge in [-0.15, -0.1) is 11.3 Å². The number of rotatable bonds is 7. The Balaban J connectivity index is 1.88. The lowest BCUT2D eigenvalue weighted by Crippen LogP contribution is -2.35. The Hall–Kier alpha value is -3.19. The Labute approximate surface area is 173 Å². The number of thiophene rings is 1. The fourth-order valence-electron chi connectivity index (χ4n) is 3.00. The van der Waals surface area contributed by atoms with E-state index in [1.807, 2.05) is 54.8 Å². The minimum absolute atomic E-state index is 0.0393. The standard InChI is InChI=1S/C22H23N3O3S/c1-15(19-9-6-12-29-19)24-22(28)18-14-25(11-10-16-7-4-3-5-8-16)13-17(20(18)26)21(27)23-2/h3-9,12-15H,10-11H2,1-2H3,(H,23,27)(H,24,28)/t15-/m1/s1. The van der Waals surface area contributed by atoms with Gasteiger partial charge < -0.3 is 15.2 Å². The molecule has 2 amide bonds. The van der Waals surface area contributed by atoms with Crippen LogP contribution in [0.3, 0.4) is 0 Å². The lowest BCUT2D eigenvalue weighted by Gasteiger charge is -2.15. The average molecular weight is 410 g/mol. The molecule has 7 heteroatoms. The first-order valence-electron chi connectivity index (χ1n) is 9.34. The molecule has 1 aromatic carbocycles. The van der Waals surface area contributed by atoms with E-state index in [1.54, 1.807) is 4.57 Å². The Morgan fingerprint density at radius 3 is 2.34 bits per heavy atom. The van der Waals surface area contributed by atoms with E-state index >= 15 is 0 Å². The highest BCUT2D eigenvalue weighted by atomic mass is 32.1. The number of pyridine rings is 1. The van der Waals surface area contributed by atoms with Crippen LogP contribution in [-0.2, 0) is 13.0 Å². The van der Waals surface area contributed by atoms with Gasteiger partial charge in [0.2, 0.25) is 5.43 Å². The predicted molar refractivity (Wildman–Crippen MR) is 114 cm³/mol. The normalized spacial score (nSPS) is 11.7. The van der Waals surface area contributed by atoms with Gasteiger partial charge in [0.1, 0.15) is 11.1 Å². The maximum atomic E-state index is 12.8. The number of aryl methyl sites for hydroxylation is 2. The zero-order valence-electron chi connectivity index (χ0n) is 16.3. The quantitative estimate of drug-likeness (QED) is 0.630. The third-order valence-corrected chi connectivity index (χ3v) is 5.67. The maximum absolute atomic E-state index is 12.8. The number of carbonyl (C=O) groups is 2. The molecule has 6 nitrogen and oxygen atoms in total. The Bertz CT molecular complexity index is 1040. The van der Waals surface area contributed by atoms with Gasteiger partial charge in [-0.05, 0) is 30.4 Å². The van der Waals surface area contributed by atoms with Gasteiger partial charge in [-0.1, -0.05) is 36.4 Å². The summed E-state index contributed by atoms with van der Waals surface area (Å²) in [7, 11) is 1.46. The molecular formula is C22H23N3O3S. The number of amides is 2. The molecule has 0 saturated carbocycles. The van der Waals surface area contributed by atoms with Crippen LogP contribution >= 0.6 is 11.3 Å². The number of nitrogens with zero attached hydrogens (tertiary/aromatic N) is 1. The van der Waals surface area contributed by atoms with E-state index < -0.39 is 17.2 Å². The van der Waals surface area contributed by atoms with Gasteiger partial charge in [-0.3, -0.25) is 14.4 Å². The highest BCUT2D eigenvalue weighted by molar-refractivity contribution is 7.10. The number of aromatic nitrogens is 1. The zero-order valence-corrected chi connectivity index (χ0v) is 17.2. The summed E-state index contributed by atoms with van der Waals surface area (Å²) in [4.78, 5) is 38.8. The second-order valence-electron chi connectivity index (χ2n) is 6.68. The molecule has 0 aliphatic heterocycles. The van der Waals surface area contributed by atoms with Crippen LogP contribution < -0.4 is 16.1 Å². The molecule has 0 aliphatic carbocycles. The van der Waals surface area contributed by atoms with Gasteiger partial charge in [0, 0.05) is 30.9 Å². The van der Waals surface area contributed by atoms with Crippen molar-refractivity contribution >= 4 is 23.2 Å². The Morgan fingerprint density at radius 1 is 1.03 bits per heavy atom. The van der Waals surface area contributed by atoms with Crippen LogP contribution in [0.15, 0.2) is 65.0 Å². The molecule has 3 aromatic rings. The number of hydrogen-bond acceptors (Lipinski definition) is 4. The molecule has 0 fully saturated rings. The second-order valence-corrected chi connectivity index (χ2v) is 7.66. The van der Waals surface area contributed by atoms with Gasteiger partial charge in [-0.25, -0.2) is 0 Å². The second kappa shape index (κ2) is 9.34. The number of hydrogen-bond donors (Lipinski definition) is 2. The molecule has 0 bridgehead atoms. The summed E-state index contributed by atoms with van der Waals surface area (Å²) in [5.74, 6) is -1.00. The number of carbonyl (C=O) groups excluding carboxylic acids is 2. The molecular weight excluding hydrogens is 386 g/mol. The smallest absolute Gasteiger partial charge is 0.257 e. The fraction of sp³-hybridized carbons (Fsp3) is 0.227. The van der Waals surface area contributed by atoms with Crippen molar-refractivity contribution in [2.24, 2.45) is 0 Å². The van der Waals surface area contributed by atoms with Crippen molar-refractivity contribution in [1.82, 2.24) is 15.2 Å². The predicted octanol–water partition coefficient (Wildman–Crippen LogP) is 3.00. The van der Waals surface area contributed by atoms with Crippen molar-refractivity contribution in [1.29, 1.82) is 0 Å². The largest absolute Gasteiger partial charge is 0.355 e. The first-order chi connectivity index (χ1) is 14.0. The first-order valence-corrected chi connectivity index (χ1v) is 10.2. The number of benzene rings is 1. The molecule has 3 rings (SSSR count). The van der Waals surface area contributed by atoms with Gasteiger partial charge in [0.15, 0.2) is 0 Å². The zero-order chi connectivity index (χ0) is 20.8. The minimum atomic E-state index is -0.573. The van der Waals surface area contributed by atoms with Crippen LogP contribution in [0.25, 0.3) is 0 Å². The van der Waals surface area contributed by atoms with Crippen molar-refractivity contribution in [2.45, 2.75) is 25.9 Å².